The van der Waals surface area contributed by atoms with Gasteiger partial charge in [-0.15, -0.1) is 24.9 Å². The van der Waals surface area contributed by atoms with Crippen molar-refractivity contribution in [1.82, 2.24) is 0 Å². The SMILES string of the molecule is C=CCC1(CC=C)SC1c1ccccc1. The van der Waals surface area contributed by atoms with E-state index in [0.29, 0.717) is 10.00 Å². The lowest BCUT2D eigenvalue weighted by atomic mass is 9.93. The molecule has 0 nitrogen and oxygen atoms in total. The molecule has 1 aliphatic rings. The van der Waals surface area contributed by atoms with Crippen molar-refractivity contribution in [2.45, 2.75) is 22.8 Å². The molecule has 0 radical (unpaired) electrons. The minimum atomic E-state index is 0.352. The summed E-state index contributed by atoms with van der Waals surface area (Å²) in [6.07, 6.45) is 6.20. The predicted octanol–water partition coefficient (Wildman–Crippen LogP) is 4.37. The summed E-state index contributed by atoms with van der Waals surface area (Å²) in [5, 5.41) is 0.634. The number of hydrogen-bond donors (Lipinski definition) is 0. The molecule has 0 spiro atoms. The second-order valence-corrected chi connectivity index (χ2v) is 5.48. The molecule has 1 heterocycles. The van der Waals surface area contributed by atoms with Gasteiger partial charge in [0.2, 0.25) is 0 Å². The van der Waals surface area contributed by atoms with E-state index >= 15 is 0 Å². The number of rotatable bonds is 5. The van der Waals surface area contributed by atoms with Crippen molar-refractivity contribution in [3.63, 3.8) is 0 Å². The van der Waals surface area contributed by atoms with E-state index in [1.54, 1.807) is 0 Å². The monoisotopic (exact) mass is 216 g/mol. The molecule has 0 N–H and O–H groups in total. The van der Waals surface area contributed by atoms with E-state index in [9.17, 15) is 0 Å². The van der Waals surface area contributed by atoms with Crippen molar-refractivity contribution in [1.29, 1.82) is 0 Å². The summed E-state index contributed by atoms with van der Waals surface area (Å²) >= 11 is 2.04. The molecule has 1 unspecified atom stereocenters. The molecule has 0 amide bonds. The summed E-state index contributed by atoms with van der Waals surface area (Å²) in [4.78, 5) is 0. The van der Waals surface area contributed by atoms with E-state index < -0.39 is 0 Å². The summed E-state index contributed by atoms with van der Waals surface area (Å²) in [7, 11) is 0. The van der Waals surface area contributed by atoms with Crippen LogP contribution in [0, 0.1) is 0 Å². The molecule has 0 saturated carbocycles. The molecule has 78 valence electrons. The maximum Gasteiger partial charge on any atom is 0.0456 e. The maximum absolute atomic E-state index is 3.85. The van der Waals surface area contributed by atoms with Gasteiger partial charge >= 0.3 is 0 Å². The summed E-state index contributed by atoms with van der Waals surface area (Å²) in [6.45, 7) is 7.70. The second-order valence-electron chi connectivity index (χ2n) is 3.96. The van der Waals surface area contributed by atoms with Gasteiger partial charge in [0.25, 0.3) is 0 Å². The zero-order valence-corrected chi connectivity index (χ0v) is 9.67. The van der Waals surface area contributed by atoms with Crippen LogP contribution in [0.3, 0.4) is 0 Å². The summed E-state index contributed by atoms with van der Waals surface area (Å²) < 4.78 is 0.352. The van der Waals surface area contributed by atoms with Crippen molar-refractivity contribution < 1.29 is 0 Å². The lowest BCUT2D eigenvalue weighted by molar-refractivity contribution is 0.669. The van der Waals surface area contributed by atoms with Crippen LogP contribution in [0.4, 0.5) is 0 Å². The Labute approximate surface area is 96.1 Å². The van der Waals surface area contributed by atoms with E-state index in [1.807, 2.05) is 23.9 Å². The third-order valence-corrected chi connectivity index (χ3v) is 4.60. The highest BCUT2D eigenvalue weighted by molar-refractivity contribution is 8.08. The van der Waals surface area contributed by atoms with Crippen LogP contribution < -0.4 is 0 Å². The highest BCUT2D eigenvalue weighted by Crippen LogP contribution is 2.68. The van der Waals surface area contributed by atoms with E-state index in [-0.39, 0.29) is 0 Å². The predicted molar refractivity (Wildman–Crippen MR) is 69.1 cm³/mol. The molecule has 0 aromatic heterocycles. The Morgan fingerprint density at radius 3 is 2.27 bits per heavy atom. The normalized spacial score (nSPS) is 22.0. The Kier molecular flexibility index (Phi) is 3.01. The topological polar surface area (TPSA) is 0 Å². The number of benzene rings is 1. The Balaban J connectivity index is 2.14. The van der Waals surface area contributed by atoms with Crippen LogP contribution in [0.5, 0.6) is 0 Å². The molecule has 1 heteroatoms. The molecule has 2 rings (SSSR count). The van der Waals surface area contributed by atoms with Crippen molar-refractivity contribution >= 4 is 11.8 Å². The second kappa shape index (κ2) is 4.28. The Morgan fingerprint density at radius 2 is 1.73 bits per heavy atom. The smallest absolute Gasteiger partial charge is 0.0456 e. The minimum Gasteiger partial charge on any atom is -0.143 e. The van der Waals surface area contributed by atoms with Crippen LogP contribution in [-0.4, -0.2) is 4.75 Å². The highest BCUT2D eigenvalue weighted by Gasteiger charge is 2.53. The van der Waals surface area contributed by atoms with Crippen molar-refractivity contribution in [3.05, 3.63) is 61.2 Å². The average Bonchev–Trinajstić information content (AvgIpc) is 2.95. The van der Waals surface area contributed by atoms with Gasteiger partial charge in [-0.3, -0.25) is 0 Å². The van der Waals surface area contributed by atoms with Gasteiger partial charge in [-0.25, -0.2) is 0 Å². The van der Waals surface area contributed by atoms with E-state index in [2.05, 4.69) is 43.5 Å². The minimum absolute atomic E-state index is 0.352. The Morgan fingerprint density at radius 1 is 1.13 bits per heavy atom. The van der Waals surface area contributed by atoms with Crippen LogP contribution in [0.2, 0.25) is 0 Å². The maximum atomic E-state index is 3.85. The van der Waals surface area contributed by atoms with Crippen molar-refractivity contribution in [2.75, 3.05) is 0 Å². The zero-order chi connectivity index (χ0) is 10.7. The molecule has 1 aromatic rings. The molecular weight excluding hydrogens is 200 g/mol. The van der Waals surface area contributed by atoms with Crippen LogP contribution in [0.25, 0.3) is 0 Å². The van der Waals surface area contributed by atoms with Crippen molar-refractivity contribution in [3.8, 4) is 0 Å². The third kappa shape index (κ3) is 2.03. The first-order valence-electron chi connectivity index (χ1n) is 5.27. The largest absolute Gasteiger partial charge is 0.143 e. The fourth-order valence-electron chi connectivity index (χ4n) is 2.08. The fourth-order valence-corrected chi connectivity index (χ4v) is 3.53. The van der Waals surface area contributed by atoms with Gasteiger partial charge in [-0.05, 0) is 18.4 Å². The van der Waals surface area contributed by atoms with Crippen LogP contribution in [0.1, 0.15) is 23.7 Å². The number of allylic oxidation sites excluding steroid dienone is 2. The quantitative estimate of drug-likeness (QED) is 0.520. The zero-order valence-electron chi connectivity index (χ0n) is 8.86. The lowest BCUT2D eigenvalue weighted by Crippen LogP contribution is -2.08. The molecule has 1 atom stereocenters. The summed E-state index contributed by atoms with van der Waals surface area (Å²) in [5.74, 6) is 0. The third-order valence-electron chi connectivity index (χ3n) is 2.86. The van der Waals surface area contributed by atoms with E-state index in [4.69, 9.17) is 0 Å². The Bertz CT molecular complexity index is 343. The van der Waals surface area contributed by atoms with Gasteiger partial charge in [0.1, 0.15) is 0 Å². The first-order chi connectivity index (χ1) is 7.32. The summed E-state index contributed by atoms with van der Waals surface area (Å²) in [6, 6.07) is 10.7. The molecule has 15 heavy (non-hydrogen) atoms. The molecule has 0 aliphatic carbocycles. The van der Waals surface area contributed by atoms with Crippen LogP contribution in [-0.2, 0) is 0 Å². The fraction of sp³-hybridized carbons (Fsp3) is 0.286. The summed E-state index contributed by atoms with van der Waals surface area (Å²) in [5.41, 5.74) is 1.44. The number of thioether (sulfide) groups is 1. The Hall–Kier alpha value is -0.950. The van der Waals surface area contributed by atoms with Gasteiger partial charge in [0, 0.05) is 10.00 Å². The highest BCUT2D eigenvalue weighted by atomic mass is 32.2. The molecule has 1 fully saturated rings. The van der Waals surface area contributed by atoms with E-state index in [0.717, 1.165) is 12.8 Å². The van der Waals surface area contributed by atoms with Gasteiger partial charge in [0.05, 0.1) is 0 Å². The van der Waals surface area contributed by atoms with E-state index in [1.165, 1.54) is 5.56 Å². The van der Waals surface area contributed by atoms with Gasteiger partial charge in [-0.2, -0.15) is 0 Å². The molecule has 0 bridgehead atoms. The van der Waals surface area contributed by atoms with Crippen molar-refractivity contribution in [2.24, 2.45) is 0 Å². The molecular formula is C14H16S. The van der Waals surface area contributed by atoms with Gasteiger partial charge < -0.3 is 0 Å². The first-order valence-corrected chi connectivity index (χ1v) is 6.15. The molecule has 1 aromatic carbocycles. The molecule has 1 aliphatic heterocycles. The average molecular weight is 216 g/mol. The molecule has 1 saturated heterocycles. The number of hydrogen-bond acceptors (Lipinski definition) is 1. The standard InChI is InChI=1S/C14H16S/c1-3-10-14(11-4-2)13(15-14)12-8-6-5-7-9-12/h3-9,13H,1-2,10-11H2. The van der Waals surface area contributed by atoms with Gasteiger partial charge in [0.15, 0.2) is 0 Å². The lowest BCUT2D eigenvalue weighted by Gasteiger charge is -2.10. The first kappa shape index (κ1) is 10.6. The van der Waals surface area contributed by atoms with Crippen LogP contribution >= 0.6 is 11.8 Å². The van der Waals surface area contributed by atoms with Crippen LogP contribution in [0.15, 0.2) is 55.6 Å². The van der Waals surface area contributed by atoms with Gasteiger partial charge in [-0.1, -0.05) is 42.5 Å².